The van der Waals surface area contributed by atoms with Crippen LogP contribution in [0.4, 0.5) is 0 Å². The summed E-state index contributed by atoms with van der Waals surface area (Å²) in [4.78, 5) is 27.3. The number of Topliss-reactive ketones (excluding diaryl/α,β-unsaturated/α-hetero) is 1. The van der Waals surface area contributed by atoms with E-state index in [2.05, 4.69) is 0 Å². The summed E-state index contributed by atoms with van der Waals surface area (Å²) in [6, 6.07) is 13.0. The van der Waals surface area contributed by atoms with E-state index in [-0.39, 0.29) is 17.4 Å². The zero-order chi connectivity index (χ0) is 22.5. The molecule has 1 saturated heterocycles. The van der Waals surface area contributed by atoms with Crippen molar-refractivity contribution in [2.45, 2.75) is 32.4 Å². The number of nitrogens with zero attached hydrogens (tertiary/aromatic N) is 1. The molecule has 0 bridgehead atoms. The maximum Gasteiger partial charge on any atom is 0.295 e. The molecule has 0 aromatic heterocycles. The lowest BCUT2D eigenvalue weighted by molar-refractivity contribution is -0.140. The summed E-state index contributed by atoms with van der Waals surface area (Å²) in [5.41, 5.74) is 1.15. The van der Waals surface area contributed by atoms with E-state index in [0.29, 0.717) is 41.5 Å². The van der Waals surface area contributed by atoms with Gasteiger partial charge in [0.15, 0.2) is 0 Å². The van der Waals surface area contributed by atoms with Crippen LogP contribution in [-0.2, 0) is 14.3 Å². The molecule has 2 aromatic rings. The molecule has 0 radical (unpaired) electrons. The van der Waals surface area contributed by atoms with Gasteiger partial charge in [0.1, 0.15) is 11.5 Å². The molecule has 2 aromatic carbocycles. The number of benzene rings is 2. The van der Waals surface area contributed by atoms with Crippen molar-refractivity contribution in [1.82, 2.24) is 4.90 Å². The fourth-order valence-corrected chi connectivity index (χ4v) is 3.75. The number of carbonyl (C=O) groups excluding carboxylic acids is 2. The smallest absolute Gasteiger partial charge is 0.295 e. The number of rotatable bonds is 8. The number of likely N-dealkylation sites (tertiary alicyclic amines) is 1. The number of hydrogen-bond acceptors (Lipinski definition) is 5. The minimum atomic E-state index is -0.719. The van der Waals surface area contributed by atoms with Crippen molar-refractivity contribution >= 4 is 29.1 Å². The lowest BCUT2D eigenvalue weighted by Gasteiger charge is -2.25. The van der Waals surface area contributed by atoms with Gasteiger partial charge in [-0.25, -0.2) is 0 Å². The molecule has 0 saturated carbocycles. The van der Waals surface area contributed by atoms with Crippen molar-refractivity contribution in [2.24, 2.45) is 0 Å². The second-order valence-electron chi connectivity index (χ2n) is 7.58. The number of hydrogen-bond donors (Lipinski definition) is 1. The van der Waals surface area contributed by atoms with Crippen molar-refractivity contribution in [3.8, 4) is 5.75 Å². The summed E-state index contributed by atoms with van der Waals surface area (Å²) in [6.45, 7) is 4.57. The first-order chi connectivity index (χ1) is 14.8. The number of amides is 1. The van der Waals surface area contributed by atoms with Crippen molar-refractivity contribution < 1.29 is 24.2 Å². The molecule has 1 atom stereocenters. The average Bonchev–Trinajstić information content (AvgIpc) is 2.99. The third-order valence-electron chi connectivity index (χ3n) is 4.95. The molecule has 164 valence electrons. The van der Waals surface area contributed by atoms with Gasteiger partial charge < -0.3 is 19.5 Å². The highest BCUT2D eigenvalue weighted by atomic mass is 35.5. The van der Waals surface area contributed by atoms with Crippen molar-refractivity contribution in [3.63, 3.8) is 0 Å². The molecular weight excluding hydrogens is 418 g/mol. The Morgan fingerprint density at radius 2 is 1.87 bits per heavy atom. The Balaban J connectivity index is 2.09. The molecule has 1 aliphatic heterocycles. The van der Waals surface area contributed by atoms with Crippen LogP contribution in [0.1, 0.15) is 37.4 Å². The Morgan fingerprint density at radius 3 is 2.52 bits per heavy atom. The third-order valence-corrected chi connectivity index (χ3v) is 5.20. The minimum absolute atomic E-state index is 0.0437. The Labute approximate surface area is 187 Å². The Bertz CT molecular complexity index is 984. The summed E-state index contributed by atoms with van der Waals surface area (Å²) in [5.74, 6) is -1.03. The van der Waals surface area contributed by atoms with Crippen LogP contribution in [0.2, 0.25) is 5.02 Å². The standard InChI is InChI=1S/C24H26ClNO5/c1-15(2)31-19-7-4-6-17(14-19)22(27)20-21(16-8-10-18(25)11-9-16)26(12-5-13-30-3)24(29)23(20)28/h4,6-11,14-15,21,27H,5,12-13H2,1-3H3/b22-20-. The molecular formula is C24H26ClNO5. The van der Waals surface area contributed by atoms with E-state index < -0.39 is 17.7 Å². The van der Waals surface area contributed by atoms with Crippen LogP contribution in [0, 0.1) is 0 Å². The van der Waals surface area contributed by atoms with E-state index >= 15 is 0 Å². The first kappa shape index (κ1) is 22.8. The van der Waals surface area contributed by atoms with Gasteiger partial charge in [0.25, 0.3) is 11.7 Å². The predicted molar refractivity (Wildman–Crippen MR) is 119 cm³/mol. The molecule has 0 aliphatic carbocycles. The van der Waals surface area contributed by atoms with Gasteiger partial charge in [-0.3, -0.25) is 9.59 Å². The summed E-state index contributed by atoms with van der Waals surface area (Å²) in [6.07, 6.45) is 0.517. The Hall–Kier alpha value is -2.83. The number of ketones is 1. The lowest BCUT2D eigenvalue weighted by Crippen LogP contribution is -2.31. The van der Waals surface area contributed by atoms with Gasteiger partial charge in [0.05, 0.1) is 17.7 Å². The first-order valence-corrected chi connectivity index (χ1v) is 10.5. The van der Waals surface area contributed by atoms with E-state index in [9.17, 15) is 14.7 Å². The summed E-state index contributed by atoms with van der Waals surface area (Å²) in [7, 11) is 1.58. The number of halogens is 1. The van der Waals surface area contributed by atoms with Crippen molar-refractivity contribution in [2.75, 3.05) is 20.3 Å². The Kier molecular flexibility index (Phi) is 7.36. The molecule has 1 fully saturated rings. The van der Waals surface area contributed by atoms with Crippen LogP contribution in [0.3, 0.4) is 0 Å². The quantitative estimate of drug-likeness (QED) is 0.279. The molecule has 31 heavy (non-hydrogen) atoms. The monoisotopic (exact) mass is 443 g/mol. The van der Waals surface area contributed by atoms with Gasteiger partial charge in [-0.15, -0.1) is 0 Å². The fraction of sp³-hybridized carbons (Fsp3) is 0.333. The molecule has 1 amide bonds. The van der Waals surface area contributed by atoms with Gasteiger partial charge >= 0.3 is 0 Å². The molecule has 3 rings (SSSR count). The number of aliphatic hydroxyl groups excluding tert-OH is 1. The van der Waals surface area contributed by atoms with Crippen LogP contribution in [0.25, 0.3) is 5.76 Å². The number of aliphatic hydroxyl groups is 1. The van der Waals surface area contributed by atoms with Gasteiger partial charge in [-0.1, -0.05) is 35.9 Å². The topological polar surface area (TPSA) is 76.1 Å². The van der Waals surface area contributed by atoms with Crippen molar-refractivity contribution in [1.29, 1.82) is 0 Å². The Morgan fingerprint density at radius 1 is 1.16 bits per heavy atom. The average molecular weight is 444 g/mol. The van der Waals surface area contributed by atoms with Crippen LogP contribution in [0.15, 0.2) is 54.1 Å². The maximum absolute atomic E-state index is 13.0. The zero-order valence-electron chi connectivity index (χ0n) is 17.8. The lowest BCUT2D eigenvalue weighted by atomic mass is 9.95. The SMILES string of the molecule is COCCCN1C(=O)C(=O)/C(=C(\O)c2cccc(OC(C)C)c2)C1c1ccc(Cl)cc1. The fourth-order valence-electron chi connectivity index (χ4n) is 3.63. The van der Waals surface area contributed by atoms with Crippen LogP contribution >= 0.6 is 11.6 Å². The van der Waals surface area contributed by atoms with Gasteiger partial charge in [-0.05, 0) is 50.1 Å². The second-order valence-corrected chi connectivity index (χ2v) is 8.02. The number of methoxy groups -OCH3 is 1. The van der Waals surface area contributed by atoms with Gasteiger partial charge in [0, 0.05) is 30.8 Å². The number of ether oxygens (including phenoxy) is 2. The van der Waals surface area contributed by atoms with E-state index in [1.807, 2.05) is 13.8 Å². The number of carbonyl (C=O) groups is 2. The van der Waals surface area contributed by atoms with Crippen LogP contribution in [0.5, 0.6) is 5.75 Å². The molecule has 6 nitrogen and oxygen atoms in total. The normalized spacial score (nSPS) is 18.1. The molecule has 0 spiro atoms. The molecule has 1 aliphatic rings. The van der Waals surface area contributed by atoms with E-state index in [0.717, 1.165) is 0 Å². The molecule has 7 heteroatoms. The highest BCUT2D eigenvalue weighted by Crippen LogP contribution is 2.40. The van der Waals surface area contributed by atoms with E-state index in [1.165, 1.54) is 4.90 Å². The molecule has 1 N–H and O–H groups in total. The second kappa shape index (κ2) is 9.98. The van der Waals surface area contributed by atoms with E-state index in [4.69, 9.17) is 21.1 Å². The highest BCUT2D eigenvalue weighted by molar-refractivity contribution is 6.46. The zero-order valence-corrected chi connectivity index (χ0v) is 18.6. The summed E-state index contributed by atoms with van der Waals surface area (Å²) >= 11 is 6.03. The predicted octanol–water partition coefficient (Wildman–Crippen LogP) is 4.59. The summed E-state index contributed by atoms with van der Waals surface area (Å²) in [5, 5.41) is 11.7. The summed E-state index contributed by atoms with van der Waals surface area (Å²) < 4.78 is 10.8. The largest absolute Gasteiger partial charge is 0.507 e. The third kappa shape index (κ3) is 5.09. The maximum atomic E-state index is 13.0. The minimum Gasteiger partial charge on any atom is -0.507 e. The highest BCUT2D eigenvalue weighted by Gasteiger charge is 2.45. The molecule has 1 heterocycles. The van der Waals surface area contributed by atoms with E-state index in [1.54, 1.807) is 55.6 Å². The van der Waals surface area contributed by atoms with Crippen molar-refractivity contribution in [3.05, 3.63) is 70.3 Å². The van der Waals surface area contributed by atoms with Crippen LogP contribution in [-0.4, -0.2) is 48.1 Å². The molecule has 1 unspecified atom stereocenters. The van der Waals surface area contributed by atoms with Gasteiger partial charge in [0.2, 0.25) is 0 Å². The van der Waals surface area contributed by atoms with Gasteiger partial charge in [-0.2, -0.15) is 0 Å². The van der Waals surface area contributed by atoms with Crippen LogP contribution < -0.4 is 4.74 Å². The first-order valence-electron chi connectivity index (χ1n) is 10.1.